The maximum absolute atomic E-state index is 12.7. The summed E-state index contributed by atoms with van der Waals surface area (Å²) in [6, 6.07) is 14.2. The van der Waals surface area contributed by atoms with Crippen molar-refractivity contribution in [3.05, 3.63) is 74.7 Å². The van der Waals surface area contributed by atoms with Gasteiger partial charge < -0.3 is 14.8 Å². The number of hydrogen-bond acceptors (Lipinski definition) is 6. The summed E-state index contributed by atoms with van der Waals surface area (Å²) in [6.07, 6.45) is 5.76. The molecule has 3 aromatic rings. The molecule has 0 bridgehead atoms. The minimum atomic E-state index is -0.0607. The molecule has 8 heteroatoms. The normalized spacial score (nSPS) is 15.6. The molecule has 5 rings (SSSR count). The van der Waals surface area contributed by atoms with Gasteiger partial charge in [0.15, 0.2) is 11.5 Å². The zero-order chi connectivity index (χ0) is 23.3. The van der Waals surface area contributed by atoms with Crippen molar-refractivity contribution in [2.75, 3.05) is 6.79 Å². The van der Waals surface area contributed by atoms with E-state index >= 15 is 0 Å². The van der Waals surface area contributed by atoms with Gasteiger partial charge in [-0.1, -0.05) is 49.1 Å². The van der Waals surface area contributed by atoms with Crippen molar-refractivity contribution in [1.29, 1.82) is 0 Å². The quantitative estimate of drug-likeness (QED) is 0.426. The third-order valence-electron chi connectivity index (χ3n) is 6.25. The van der Waals surface area contributed by atoms with Crippen molar-refractivity contribution >= 4 is 28.8 Å². The van der Waals surface area contributed by atoms with Crippen molar-refractivity contribution in [1.82, 2.24) is 15.2 Å². The summed E-state index contributed by atoms with van der Waals surface area (Å²) in [5.41, 5.74) is 2.81. The molecule has 1 fully saturated rings. The van der Waals surface area contributed by atoms with Crippen LogP contribution in [-0.4, -0.2) is 28.6 Å². The first-order chi connectivity index (χ1) is 16.6. The Labute approximate surface area is 208 Å². The van der Waals surface area contributed by atoms with Crippen LogP contribution in [0.3, 0.4) is 0 Å². The predicted octanol–water partition coefficient (Wildman–Crippen LogP) is 5.79. The smallest absolute Gasteiger partial charge is 0.270 e. The van der Waals surface area contributed by atoms with E-state index in [1.807, 2.05) is 41.8 Å². The van der Waals surface area contributed by atoms with E-state index < -0.39 is 0 Å². The summed E-state index contributed by atoms with van der Waals surface area (Å²) in [5.74, 6) is 1.50. The second-order valence-electron chi connectivity index (χ2n) is 8.89. The van der Waals surface area contributed by atoms with Crippen LogP contribution >= 0.6 is 22.9 Å². The van der Waals surface area contributed by atoms with Gasteiger partial charge in [0.25, 0.3) is 5.91 Å². The molecule has 0 saturated heterocycles. The van der Waals surface area contributed by atoms with Crippen LogP contribution in [0.2, 0.25) is 5.02 Å². The molecule has 1 amide bonds. The number of nitrogens with zero attached hydrogens (tertiary/aromatic N) is 2. The third kappa shape index (κ3) is 5.90. The van der Waals surface area contributed by atoms with Crippen LogP contribution in [0.5, 0.6) is 11.5 Å². The van der Waals surface area contributed by atoms with Gasteiger partial charge in [-0.3, -0.25) is 9.69 Å². The molecule has 6 nitrogen and oxygen atoms in total. The maximum Gasteiger partial charge on any atom is 0.270 e. The number of carbonyl (C=O) groups excluding carboxylic acids is 1. The van der Waals surface area contributed by atoms with Gasteiger partial charge in [0.05, 0.1) is 6.54 Å². The fourth-order valence-electron chi connectivity index (χ4n) is 4.50. The number of aromatic nitrogens is 1. The molecule has 2 aromatic carbocycles. The van der Waals surface area contributed by atoms with Gasteiger partial charge in [0, 0.05) is 29.5 Å². The van der Waals surface area contributed by atoms with Crippen LogP contribution in [0, 0.1) is 0 Å². The van der Waals surface area contributed by atoms with Gasteiger partial charge in [-0.05, 0) is 48.2 Å². The Kier molecular flexibility index (Phi) is 7.33. The number of thiazole rings is 1. The Bertz CT molecular complexity index is 1130. The van der Waals surface area contributed by atoms with E-state index in [0.29, 0.717) is 18.8 Å². The first kappa shape index (κ1) is 23.1. The maximum atomic E-state index is 12.7. The molecule has 2 aliphatic rings. The van der Waals surface area contributed by atoms with Crippen LogP contribution in [0.4, 0.5) is 0 Å². The topological polar surface area (TPSA) is 63.7 Å². The summed E-state index contributed by atoms with van der Waals surface area (Å²) in [6.45, 7) is 2.34. The van der Waals surface area contributed by atoms with Crippen molar-refractivity contribution in [2.45, 2.75) is 57.8 Å². The molecule has 1 aliphatic carbocycles. The highest BCUT2D eigenvalue weighted by Crippen LogP contribution is 2.33. The number of nitrogens with one attached hydrogen (secondary N) is 1. The van der Waals surface area contributed by atoms with Crippen LogP contribution in [0.25, 0.3) is 0 Å². The highest BCUT2D eigenvalue weighted by atomic mass is 35.5. The molecule has 1 aliphatic heterocycles. The minimum absolute atomic E-state index is 0.0607. The Morgan fingerprint density at radius 3 is 2.56 bits per heavy atom. The number of hydrogen-bond donors (Lipinski definition) is 1. The van der Waals surface area contributed by atoms with E-state index in [-0.39, 0.29) is 18.7 Å². The molecule has 1 saturated carbocycles. The molecule has 0 unspecified atom stereocenters. The molecule has 34 heavy (non-hydrogen) atoms. The van der Waals surface area contributed by atoms with Crippen LogP contribution in [0.1, 0.15) is 58.7 Å². The van der Waals surface area contributed by atoms with Crippen molar-refractivity contribution in [2.24, 2.45) is 0 Å². The Morgan fingerprint density at radius 2 is 1.74 bits per heavy atom. The molecule has 0 atom stereocenters. The SMILES string of the molecule is O=C(NC1CCCCC1)c1csc(CN(Cc2ccc(Cl)cc2)Cc2ccc3c(c2)OCO3)n1. The molecule has 2 heterocycles. The number of rotatable bonds is 8. The lowest BCUT2D eigenvalue weighted by Crippen LogP contribution is -2.36. The lowest BCUT2D eigenvalue weighted by molar-refractivity contribution is 0.0923. The number of halogens is 1. The molecule has 1 aromatic heterocycles. The number of benzene rings is 2. The van der Waals surface area contributed by atoms with Gasteiger partial charge in [0.1, 0.15) is 10.7 Å². The summed E-state index contributed by atoms with van der Waals surface area (Å²) >= 11 is 7.61. The molecule has 0 radical (unpaired) electrons. The molecular formula is C26H28ClN3O3S. The standard InChI is InChI=1S/C26H28ClN3O3S/c27-20-9-6-18(7-10-20)13-30(14-19-8-11-23-24(12-19)33-17-32-23)15-25-29-22(16-34-25)26(31)28-21-4-2-1-3-5-21/h6-12,16,21H,1-5,13-15,17H2,(H,28,31). The average Bonchev–Trinajstić information content (AvgIpc) is 3.50. The molecular weight excluding hydrogens is 470 g/mol. The monoisotopic (exact) mass is 497 g/mol. The van der Waals surface area contributed by atoms with E-state index in [4.69, 9.17) is 21.1 Å². The second-order valence-corrected chi connectivity index (χ2v) is 10.3. The molecule has 178 valence electrons. The summed E-state index contributed by atoms with van der Waals surface area (Å²) in [4.78, 5) is 19.7. The van der Waals surface area contributed by atoms with E-state index in [2.05, 4.69) is 21.3 Å². The van der Waals surface area contributed by atoms with E-state index in [1.54, 1.807) is 0 Å². The number of amides is 1. The van der Waals surface area contributed by atoms with Crippen LogP contribution < -0.4 is 14.8 Å². The fourth-order valence-corrected chi connectivity index (χ4v) is 5.44. The average molecular weight is 498 g/mol. The minimum Gasteiger partial charge on any atom is -0.454 e. The van der Waals surface area contributed by atoms with Crippen molar-refractivity contribution in [3.8, 4) is 11.5 Å². The number of ether oxygens (including phenoxy) is 2. The first-order valence-electron chi connectivity index (χ1n) is 11.7. The highest BCUT2D eigenvalue weighted by Gasteiger charge is 2.20. The number of fused-ring (bicyclic) bond motifs is 1. The lowest BCUT2D eigenvalue weighted by Gasteiger charge is -2.22. The highest BCUT2D eigenvalue weighted by molar-refractivity contribution is 7.09. The Morgan fingerprint density at radius 1 is 1.00 bits per heavy atom. The number of carbonyl (C=O) groups is 1. The molecule has 0 spiro atoms. The van der Waals surface area contributed by atoms with Crippen LogP contribution in [0.15, 0.2) is 47.8 Å². The third-order valence-corrected chi connectivity index (χ3v) is 7.33. The summed E-state index contributed by atoms with van der Waals surface area (Å²) in [5, 5.41) is 6.68. The van der Waals surface area contributed by atoms with E-state index in [9.17, 15) is 4.79 Å². The van der Waals surface area contributed by atoms with Gasteiger partial charge in [-0.2, -0.15) is 0 Å². The fraction of sp³-hybridized carbons (Fsp3) is 0.385. The second kappa shape index (κ2) is 10.8. The Balaban J connectivity index is 1.29. The zero-order valence-corrected chi connectivity index (χ0v) is 20.5. The van der Waals surface area contributed by atoms with Gasteiger partial charge in [-0.25, -0.2) is 4.98 Å². The van der Waals surface area contributed by atoms with Crippen LogP contribution in [-0.2, 0) is 19.6 Å². The Hall–Kier alpha value is -2.61. The zero-order valence-electron chi connectivity index (χ0n) is 19.0. The summed E-state index contributed by atoms with van der Waals surface area (Å²) < 4.78 is 11.0. The molecule has 1 N–H and O–H groups in total. The van der Waals surface area contributed by atoms with E-state index in [1.165, 1.54) is 30.6 Å². The largest absolute Gasteiger partial charge is 0.454 e. The lowest BCUT2D eigenvalue weighted by atomic mass is 9.95. The first-order valence-corrected chi connectivity index (χ1v) is 13.0. The van der Waals surface area contributed by atoms with Gasteiger partial charge in [0.2, 0.25) is 6.79 Å². The van der Waals surface area contributed by atoms with Crippen molar-refractivity contribution < 1.29 is 14.3 Å². The van der Waals surface area contributed by atoms with Crippen molar-refractivity contribution in [3.63, 3.8) is 0 Å². The predicted molar refractivity (Wildman–Crippen MR) is 133 cm³/mol. The van der Waals surface area contributed by atoms with Gasteiger partial charge in [-0.15, -0.1) is 11.3 Å². The van der Waals surface area contributed by atoms with E-state index in [0.717, 1.165) is 52.0 Å². The van der Waals surface area contributed by atoms with Gasteiger partial charge >= 0.3 is 0 Å². The summed E-state index contributed by atoms with van der Waals surface area (Å²) in [7, 11) is 0.